The van der Waals surface area contributed by atoms with Crippen molar-refractivity contribution >= 4 is 11.6 Å². The van der Waals surface area contributed by atoms with Gasteiger partial charge in [-0.05, 0) is 44.1 Å². The van der Waals surface area contributed by atoms with Gasteiger partial charge in [0.05, 0.1) is 24.2 Å². The number of amides is 1. The third kappa shape index (κ3) is 6.30. The largest absolute Gasteiger partial charge is 0.522 e. The molecule has 0 aliphatic heterocycles. The predicted octanol–water partition coefficient (Wildman–Crippen LogP) is 3.98. The van der Waals surface area contributed by atoms with Gasteiger partial charge in [-0.1, -0.05) is 19.8 Å². The van der Waals surface area contributed by atoms with Crippen molar-refractivity contribution in [3.05, 3.63) is 28.7 Å². The van der Waals surface area contributed by atoms with Crippen LogP contribution in [0, 0.1) is 11.8 Å². The molecule has 9 heteroatoms. The molecule has 2 aliphatic carbocycles. The van der Waals surface area contributed by atoms with Crippen LogP contribution in [0.15, 0.2) is 23.1 Å². The van der Waals surface area contributed by atoms with E-state index in [2.05, 4.69) is 22.0 Å². The Morgan fingerprint density at radius 1 is 1.17 bits per heavy atom. The highest BCUT2D eigenvalue weighted by molar-refractivity contribution is 5.92. The molecular formula is C20H27F3N2O4. The highest BCUT2D eigenvalue weighted by Gasteiger charge is 2.42. The van der Waals surface area contributed by atoms with Crippen molar-refractivity contribution in [3.63, 3.8) is 0 Å². The minimum absolute atomic E-state index is 0.00343. The Morgan fingerprint density at radius 2 is 1.93 bits per heavy atom. The van der Waals surface area contributed by atoms with E-state index in [1.54, 1.807) is 0 Å². The summed E-state index contributed by atoms with van der Waals surface area (Å²) in [6.07, 6.45) is -0.379. The number of carbonyl (C=O) groups excluding carboxylic acids is 1. The lowest BCUT2D eigenvalue weighted by Crippen LogP contribution is -2.45. The lowest BCUT2D eigenvalue weighted by molar-refractivity contribution is -0.347. The third-order valence-electron chi connectivity index (χ3n) is 5.80. The van der Waals surface area contributed by atoms with Crippen LogP contribution in [0.2, 0.25) is 0 Å². The number of rotatable bonds is 5. The number of carbonyl (C=O) groups is 1. The molecule has 0 radical (unpaired) electrons. The smallest absolute Gasteiger partial charge is 0.374 e. The molecule has 1 aromatic heterocycles. The van der Waals surface area contributed by atoms with E-state index in [1.165, 1.54) is 18.3 Å². The second kappa shape index (κ2) is 9.30. The van der Waals surface area contributed by atoms with E-state index >= 15 is 0 Å². The summed E-state index contributed by atoms with van der Waals surface area (Å²) in [7, 11) is 0. The van der Waals surface area contributed by atoms with Crippen molar-refractivity contribution in [1.82, 2.24) is 4.98 Å². The number of aromatic nitrogens is 1. The second-order valence-corrected chi connectivity index (χ2v) is 8.01. The molecule has 0 spiro atoms. The molecule has 5 atom stereocenters. The van der Waals surface area contributed by atoms with Gasteiger partial charge >= 0.3 is 6.36 Å². The minimum Gasteiger partial charge on any atom is -0.374 e. The first-order valence-electron chi connectivity index (χ1n) is 10.1. The normalized spacial score (nSPS) is 30.7. The Morgan fingerprint density at radius 3 is 2.62 bits per heavy atom. The quantitative estimate of drug-likeness (QED) is 0.761. The standard InChI is InChI=1S/C20H27F3N2O4/c1-12-4-2-3-5-16(12)28-17-7-6-14(29-20(21,22)23)11-15(17)19(27)25-13-8-9-24-18(26)10-13/h8-10,12,14-17H,2-7,11H2,1H3,(H2,24,25,26,27). The van der Waals surface area contributed by atoms with Crippen molar-refractivity contribution in [2.75, 3.05) is 5.32 Å². The van der Waals surface area contributed by atoms with Crippen molar-refractivity contribution in [2.45, 2.75) is 76.5 Å². The summed E-state index contributed by atoms with van der Waals surface area (Å²) < 4.78 is 48.5. The molecule has 162 valence electrons. The fourth-order valence-electron chi connectivity index (χ4n) is 4.31. The number of aromatic amines is 1. The lowest BCUT2D eigenvalue weighted by atomic mass is 9.82. The second-order valence-electron chi connectivity index (χ2n) is 8.01. The van der Waals surface area contributed by atoms with Crippen molar-refractivity contribution in [1.29, 1.82) is 0 Å². The summed E-state index contributed by atoms with van der Waals surface area (Å²) >= 11 is 0. The van der Waals surface area contributed by atoms with E-state index in [0.29, 0.717) is 18.0 Å². The summed E-state index contributed by atoms with van der Waals surface area (Å²) in [6.45, 7) is 2.10. The van der Waals surface area contributed by atoms with Crippen LogP contribution >= 0.6 is 0 Å². The topological polar surface area (TPSA) is 80.4 Å². The molecule has 2 fully saturated rings. The first kappa shape index (κ1) is 21.8. The first-order chi connectivity index (χ1) is 13.7. The molecule has 0 saturated heterocycles. The number of anilines is 1. The molecule has 2 N–H and O–H groups in total. The molecule has 0 bridgehead atoms. The zero-order valence-electron chi connectivity index (χ0n) is 16.3. The van der Waals surface area contributed by atoms with Gasteiger partial charge in [0.25, 0.3) is 0 Å². The van der Waals surface area contributed by atoms with Gasteiger partial charge in [0.15, 0.2) is 0 Å². The van der Waals surface area contributed by atoms with Gasteiger partial charge in [-0.2, -0.15) is 0 Å². The van der Waals surface area contributed by atoms with E-state index in [-0.39, 0.29) is 24.5 Å². The minimum atomic E-state index is -4.75. The summed E-state index contributed by atoms with van der Waals surface area (Å²) in [6, 6.07) is 2.74. The highest BCUT2D eigenvalue weighted by Crippen LogP contribution is 2.36. The SMILES string of the molecule is CC1CCCCC1OC1CCC(OC(F)(F)F)CC1C(=O)Nc1cc[nH]c(=O)c1. The average Bonchev–Trinajstić information content (AvgIpc) is 2.63. The molecule has 1 aromatic rings. The van der Waals surface area contributed by atoms with Gasteiger partial charge in [-0.15, -0.1) is 13.2 Å². The van der Waals surface area contributed by atoms with Crippen molar-refractivity contribution in [3.8, 4) is 0 Å². The van der Waals surface area contributed by atoms with Gasteiger partial charge in [0.2, 0.25) is 11.5 Å². The highest BCUT2D eigenvalue weighted by atomic mass is 19.4. The summed E-state index contributed by atoms with van der Waals surface area (Å²) in [5.74, 6) is -0.895. The van der Waals surface area contributed by atoms with Crippen molar-refractivity contribution < 1.29 is 27.4 Å². The number of halogens is 3. The van der Waals surface area contributed by atoms with Crippen molar-refractivity contribution in [2.24, 2.45) is 11.8 Å². The van der Waals surface area contributed by atoms with Gasteiger partial charge in [-0.25, -0.2) is 0 Å². The molecular weight excluding hydrogens is 389 g/mol. The van der Waals surface area contributed by atoms with Crippen LogP contribution in [-0.2, 0) is 14.3 Å². The van der Waals surface area contributed by atoms with Crippen LogP contribution in [0.4, 0.5) is 18.9 Å². The number of H-pyrrole nitrogens is 1. The molecule has 6 nitrogen and oxygen atoms in total. The maximum absolute atomic E-state index is 12.9. The third-order valence-corrected chi connectivity index (χ3v) is 5.80. The molecule has 2 saturated carbocycles. The Labute approximate surface area is 167 Å². The van der Waals surface area contributed by atoms with Crippen LogP contribution in [0.1, 0.15) is 51.9 Å². The van der Waals surface area contributed by atoms with E-state index in [9.17, 15) is 22.8 Å². The van der Waals surface area contributed by atoms with Crippen LogP contribution in [-0.4, -0.2) is 35.6 Å². The molecule has 0 aromatic carbocycles. The molecule has 1 heterocycles. The Hall–Kier alpha value is -1.87. The molecule has 1 amide bonds. The monoisotopic (exact) mass is 416 g/mol. The number of hydrogen-bond donors (Lipinski definition) is 2. The summed E-state index contributed by atoms with van der Waals surface area (Å²) in [5.41, 5.74) is -0.0871. The molecule has 29 heavy (non-hydrogen) atoms. The maximum Gasteiger partial charge on any atom is 0.522 e. The zero-order valence-corrected chi connectivity index (χ0v) is 16.3. The summed E-state index contributed by atoms with van der Waals surface area (Å²) in [5, 5.41) is 2.64. The lowest BCUT2D eigenvalue weighted by Gasteiger charge is -2.39. The van der Waals surface area contributed by atoms with Gasteiger partial charge in [0.1, 0.15) is 0 Å². The predicted molar refractivity (Wildman–Crippen MR) is 100 cm³/mol. The number of nitrogens with one attached hydrogen (secondary N) is 2. The summed E-state index contributed by atoms with van der Waals surface area (Å²) in [4.78, 5) is 26.8. The number of ether oxygens (including phenoxy) is 2. The maximum atomic E-state index is 12.9. The van der Waals surface area contributed by atoms with Gasteiger partial charge in [0, 0.05) is 18.0 Å². The average molecular weight is 416 g/mol. The van der Waals surface area contributed by atoms with E-state index in [1.807, 2.05) is 0 Å². The molecule has 2 aliphatic rings. The number of alkyl halides is 3. The first-order valence-corrected chi connectivity index (χ1v) is 10.1. The Balaban J connectivity index is 1.72. The fourth-order valence-corrected chi connectivity index (χ4v) is 4.31. The number of hydrogen-bond acceptors (Lipinski definition) is 4. The number of pyridine rings is 1. The van der Waals surface area contributed by atoms with Crippen LogP contribution in [0.3, 0.4) is 0 Å². The van der Waals surface area contributed by atoms with Gasteiger partial charge < -0.3 is 15.0 Å². The fraction of sp³-hybridized carbons (Fsp3) is 0.700. The Bertz CT molecular complexity index is 752. The van der Waals surface area contributed by atoms with Gasteiger partial charge in [-0.3, -0.25) is 14.3 Å². The zero-order chi connectivity index (χ0) is 21.0. The van der Waals surface area contributed by atoms with Crippen LogP contribution in [0.5, 0.6) is 0 Å². The van der Waals surface area contributed by atoms with Crippen LogP contribution < -0.4 is 10.9 Å². The van der Waals surface area contributed by atoms with E-state index in [4.69, 9.17) is 4.74 Å². The van der Waals surface area contributed by atoms with E-state index in [0.717, 1.165) is 25.7 Å². The van der Waals surface area contributed by atoms with E-state index < -0.39 is 30.4 Å². The molecule has 3 rings (SSSR count). The van der Waals surface area contributed by atoms with Crippen LogP contribution in [0.25, 0.3) is 0 Å². The molecule has 5 unspecified atom stereocenters. The Kier molecular flexibility index (Phi) is 7.00.